The van der Waals surface area contributed by atoms with Gasteiger partial charge in [-0.3, -0.25) is 19.5 Å². The molecule has 0 amide bonds. The number of hydrogen-bond donors (Lipinski definition) is 1. The zero-order chi connectivity index (χ0) is 25.6. The highest BCUT2D eigenvalue weighted by molar-refractivity contribution is 6.16. The number of ketones is 1. The number of aliphatic hydroxyl groups is 1. The summed E-state index contributed by atoms with van der Waals surface area (Å²) < 4.78 is 15.5. The minimum Gasteiger partial charge on any atom is -0.388 e. The molecule has 6 rings (SSSR count). The lowest BCUT2D eigenvalue weighted by atomic mass is 9.75. The van der Waals surface area contributed by atoms with Crippen LogP contribution in [0.1, 0.15) is 64.8 Å². The number of nitrogens with zero attached hydrogens (tertiary/aromatic N) is 4. The molecule has 0 bridgehead atoms. The van der Waals surface area contributed by atoms with Crippen LogP contribution in [0.3, 0.4) is 0 Å². The molecule has 2 aliphatic rings. The van der Waals surface area contributed by atoms with E-state index in [9.17, 15) is 14.3 Å². The number of rotatable bonds is 6. The second kappa shape index (κ2) is 9.30. The predicted octanol–water partition coefficient (Wildman–Crippen LogP) is 5.42. The lowest BCUT2D eigenvalue weighted by molar-refractivity contribution is -0.0317. The summed E-state index contributed by atoms with van der Waals surface area (Å²) in [7, 11) is 0. The second-order valence-electron chi connectivity index (χ2n) is 10.5. The molecule has 0 unspecified atom stereocenters. The smallest absolute Gasteiger partial charge is 0.163 e. The summed E-state index contributed by atoms with van der Waals surface area (Å²) in [4.78, 5) is 22.4. The van der Waals surface area contributed by atoms with Gasteiger partial charge in [0.15, 0.2) is 5.78 Å². The van der Waals surface area contributed by atoms with Crippen LogP contribution >= 0.6 is 0 Å². The van der Waals surface area contributed by atoms with Crippen LogP contribution in [0.2, 0.25) is 0 Å². The molecule has 0 radical (unpaired) electrons. The van der Waals surface area contributed by atoms with E-state index in [4.69, 9.17) is 4.99 Å². The Balaban J connectivity index is 1.17. The number of Topliss-reactive ketones (excluding diaryl/α,β-unsaturated/α-hetero) is 1. The van der Waals surface area contributed by atoms with Crippen molar-refractivity contribution >= 4 is 22.4 Å². The number of halogens is 1. The maximum absolute atomic E-state index is 13.8. The third kappa shape index (κ3) is 4.71. The summed E-state index contributed by atoms with van der Waals surface area (Å²) in [6.07, 6.45) is 6.76. The number of aromatic nitrogens is 3. The highest BCUT2D eigenvalue weighted by Crippen LogP contribution is 2.37. The van der Waals surface area contributed by atoms with Crippen LogP contribution < -0.4 is 0 Å². The van der Waals surface area contributed by atoms with Crippen LogP contribution in [0.5, 0.6) is 0 Å². The maximum atomic E-state index is 13.8. The van der Waals surface area contributed by atoms with Gasteiger partial charge in [-0.25, -0.2) is 4.39 Å². The Bertz CT molecular complexity index is 1540. The summed E-state index contributed by atoms with van der Waals surface area (Å²) >= 11 is 0. The SMILES string of the molecule is Cc1cc(C2=NCc3ccc(C(=O)C[C@H]4CCC[C@](O)(Cn5ncc6ccc(F)cc65)C4)cc32)ccn1. The second-order valence-corrected chi connectivity index (χ2v) is 10.5. The Hall–Kier alpha value is -3.71. The van der Waals surface area contributed by atoms with Gasteiger partial charge in [-0.2, -0.15) is 5.10 Å². The predicted molar refractivity (Wildman–Crippen MR) is 140 cm³/mol. The summed E-state index contributed by atoms with van der Waals surface area (Å²) in [5.74, 6) is -0.162. The van der Waals surface area contributed by atoms with Crippen LogP contribution in [-0.4, -0.2) is 37.0 Å². The molecule has 3 heterocycles. The molecule has 6 nitrogen and oxygen atoms in total. The zero-order valence-corrected chi connectivity index (χ0v) is 20.8. The van der Waals surface area contributed by atoms with Crippen molar-refractivity contribution in [3.05, 3.63) is 94.7 Å². The van der Waals surface area contributed by atoms with E-state index in [2.05, 4.69) is 10.1 Å². The first-order valence-electron chi connectivity index (χ1n) is 12.8. The monoisotopic (exact) mass is 496 g/mol. The van der Waals surface area contributed by atoms with Gasteiger partial charge in [0.25, 0.3) is 0 Å². The number of hydrogen-bond acceptors (Lipinski definition) is 5. The Kier molecular flexibility index (Phi) is 5.95. The minimum absolute atomic E-state index is 0.0778. The average molecular weight is 497 g/mol. The summed E-state index contributed by atoms with van der Waals surface area (Å²) in [6.45, 7) is 2.86. The molecule has 1 aliphatic carbocycles. The number of benzene rings is 2. The van der Waals surface area contributed by atoms with Gasteiger partial charge < -0.3 is 5.11 Å². The fourth-order valence-electron chi connectivity index (χ4n) is 5.90. The highest BCUT2D eigenvalue weighted by Gasteiger charge is 2.36. The number of carbonyl (C=O) groups is 1. The molecule has 1 aliphatic heterocycles. The van der Waals surface area contributed by atoms with Crippen molar-refractivity contribution in [2.75, 3.05) is 0 Å². The molecule has 2 aromatic carbocycles. The third-order valence-corrected chi connectivity index (χ3v) is 7.71. The molecule has 4 aromatic rings. The fourth-order valence-corrected chi connectivity index (χ4v) is 5.90. The lowest BCUT2D eigenvalue weighted by Gasteiger charge is -2.36. The summed E-state index contributed by atoms with van der Waals surface area (Å²) in [5.41, 5.74) is 5.35. The maximum Gasteiger partial charge on any atom is 0.163 e. The zero-order valence-electron chi connectivity index (χ0n) is 20.8. The number of aliphatic imine (C=N–C) groups is 1. The average Bonchev–Trinajstić information content (AvgIpc) is 3.47. The van der Waals surface area contributed by atoms with Gasteiger partial charge in [-0.05, 0) is 74.1 Å². The van der Waals surface area contributed by atoms with E-state index in [-0.39, 0.29) is 24.1 Å². The Morgan fingerprint density at radius 2 is 2.08 bits per heavy atom. The fraction of sp³-hybridized carbons (Fsp3) is 0.333. The first-order valence-corrected chi connectivity index (χ1v) is 12.8. The Morgan fingerprint density at radius 1 is 1.19 bits per heavy atom. The van der Waals surface area contributed by atoms with Crippen LogP contribution in [0.15, 0.2) is 65.9 Å². The van der Waals surface area contributed by atoms with Gasteiger partial charge in [0.1, 0.15) is 5.82 Å². The van der Waals surface area contributed by atoms with Crippen molar-refractivity contribution in [1.29, 1.82) is 0 Å². The van der Waals surface area contributed by atoms with E-state index in [1.165, 1.54) is 12.1 Å². The normalized spacial score (nSPS) is 21.2. The number of pyridine rings is 1. The van der Waals surface area contributed by atoms with Crippen molar-refractivity contribution in [1.82, 2.24) is 14.8 Å². The van der Waals surface area contributed by atoms with Gasteiger partial charge in [-0.1, -0.05) is 18.6 Å². The molecule has 2 atom stereocenters. The molecule has 37 heavy (non-hydrogen) atoms. The van der Waals surface area contributed by atoms with E-state index < -0.39 is 5.60 Å². The van der Waals surface area contributed by atoms with Crippen LogP contribution in [0, 0.1) is 18.7 Å². The topological polar surface area (TPSA) is 80.4 Å². The minimum atomic E-state index is -0.981. The quantitative estimate of drug-likeness (QED) is 0.361. The van der Waals surface area contributed by atoms with Gasteiger partial charge >= 0.3 is 0 Å². The van der Waals surface area contributed by atoms with Crippen molar-refractivity contribution in [2.45, 2.75) is 57.7 Å². The van der Waals surface area contributed by atoms with Gasteiger partial charge in [0.2, 0.25) is 0 Å². The molecular weight excluding hydrogens is 467 g/mol. The van der Waals surface area contributed by atoms with Crippen molar-refractivity contribution in [3.63, 3.8) is 0 Å². The lowest BCUT2D eigenvalue weighted by Crippen LogP contribution is -2.40. The summed E-state index contributed by atoms with van der Waals surface area (Å²) in [5, 5.41) is 16.7. The molecule has 0 spiro atoms. The van der Waals surface area contributed by atoms with Crippen molar-refractivity contribution < 1.29 is 14.3 Å². The van der Waals surface area contributed by atoms with Crippen LogP contribution in [-0.2, 0) is 13.1 Å². The molecular formula is C30H29FN4O2. The standard InChI is InChI=1S/C30H29FN4O2/c1-19-11-22(8-10-32-19)29-26-13-21(4-5-23(26)16-33-29)28(36)12-20-3-2-9-30(37,15-20)18-35-27-14-25(31)7-6-24(27)17-34-35/h4-8,10-11,13-14,17,20,37H,2-3,9,12,15-16,18H2,1H3/t20-,30-/m1/s1. The molecule has 1 fully saturated rings. The first kappa shape index (κ1) is 23.7. The largest absolute Gasteiger partial charge is 0.388 e. The van der Waals surface area contributed by atoms with Gasteiger partial charge in [0.05, 0.1) is 36.1 Å². The molecule has 7 heteroatoms. The number of fused-ring (bicyclic) bond motifs is 2. The van der Waals surface area contributed by atoms with Crippen LogP contribution in [0.4, 0.5) is 4.39 Å². The highest BCUT2D eigenvalue weighted by atomic mass is 19.1. The third-order valence-electron chi connectivity index (χ3n) is 7.71. The van der Waals surface area contributed by atoms with E-state index in [1.54, 1.807) is 23.1 Å². The number of carbonyl (C=O) groups excluding carboxylic acids is 1. The van der Waals surface area contributed by atoms with Gasteiger partial charge in [0, 0.05) is 40.4 Å². The molecule has 188 valence electrons. The molecule has 0 saturated heterocycles. The number of aryl methyl sites for hydroxylation is 1. The summed E-state index contributed by atoms with van der Waals surface area (Å²) in [6, 6.07) is 14.4. The molecule has 1 saturated carbocycles. The van der Waals surface area contributed by atoms with E-state index >= 15 is 0 Å². The van der Waals surface area contributed by atoms with Crippen LogP contribution in [0.25, 0.3) is 10.9 Å². The van der Waals surface area contributed by atoms with Gasteiger partial charge in [-0.15, -0.1) is 0 Å². The van der Waals surface area contributed by atoms with Crippen molar-refractivity contribution in [3.8, 4) is 0 Å². The Morgan fingerprint density at radius 3 is 2.95 bits per heavy atom. The Labute approximate surface area is 214 Å². The van der Waals surface area contributed by atoms with E-state index in [1.807, 2.05) is 37.3 Å². The molecule has 1 N–H and O–H groups in total. The van der Waals surface area contributed by atoms with Crippen molar-refractivity contribution in [2.24, 2.45) is 10.9 Å². The molecule has 2 aromatic heterocycles. The van der Waals surface area contributed by atoms with E-state index in [0.717, 1.165) is 46.3 Å². The first-order chi connectivity index (χ1) is 17.9. The van der Waals surface area contributed by atoms with E-state index in [0.29, 0.717) is 36.9 Å².